The Morgan fingerprint density at radius 1 is 1.30 bits per heavy atom. The van der Waals surface area contributed by atoms with Gasteiger partial charge in [-0.1, -0.05) is 18.0 Å². The van der Waals surface area contributed by atoms with E-state index in [2.05, 4.69) is 15.1 Å². The molecule has 1 aliphatic carbocycles. The predicted molar refractivity (Wildman–Crippen MR) is 78.4 cm³/mol. The molecule has 0 radical (unpaired) electrons. The molecule has 20 heavy (non-hydrogen) atoms. The van der Waals surface area contributed by atoms with Crippen LogP contribution in [0, 0.1) is 5.92 Å². The van der Waals surface area contributed by atoms with Crippen molar-refractivity contribution in [1.29, 1.82) is 0 Å². The highest BCUT2D eigenvalue weighted by Gasteiger charge is 2.24. The lowest BCUT2D eigenvalue weighted by molar-refractivity contribution is 0.273. The van der Waals surface area contributed by atoms with Crippen LogP contribution in [-0.4, -0.2) is 21.2 Å². The fourth-order valence-corrected chi connectivity index (χ4v) is 2.66. The van der Waals surface area contributed by atoms with E-state index in [-0.39, 0.29) is 18.4 Å². The van der Waals surface area contributed by atoms with Crippen molar-refractivity contribution in [2.75, 3.05) is 0 Å². The molecule has 5 nitrogen and oxygen atoms in total. The summed E-state index contributed by atoms with van der Waals surface area (Å²) in [6.07, 6.45) is 9.01. The summed E-state index contributed by atoms with van der Waals surface area (Å²) in [5.74, 6) is 1.75. The molecule has 0 spiro atoms. The Hall–Kier alpha value is -1.46. The number of hydrogen-bond acceptors (Lipinski definition) is 5. The maximum absolute atomic E-state index is 6.14. The molecule has 0 amide bonds. The fourth-order valence-electron chi connectivity index (χ4n) is 2.66. The number of rotatable bonds is 3. The summed E-state index contributed by atoms with van der Waals surface area (Å²) >= 11 is 0. The molecule has 2 heterocycles. The van der Waals surface area contributed by atoms with Gasteiger partial charge in [0.05, 0.1) is 0 Å². The average Bonchev–Trinajstić information content (AvgIpc) is 2.91. The van der Waals surface area contributed by atoms with Crippen molar-refractivity contribution in [3.8, 4) is 11.4 Å². The van der Waals surface area contributed by atoms with Crippen LogP contribution in [0.1, 0.15) is 31.6 Å². The van der Waals surface area contributed by atoms with Crippen molar-refractivity contribution in [3.05, 3.63) is 30.4 Å². The standard InChI is InChI=1S/C14H18N4O.ClH/c15-12-6-2-1-4-10(12)8-13-17-14(18-19-13)11-5-3-7-16-9-11;/h3,5,7,9-10,12H,1-2,4,6,8,15H2;1H. The van der Waals surface area contributed by atoms with Crippen LogP contribution in [-0.2, 0) is 6.42 Å². The largest absolute Gasteiger partial charge is 0.339 e. The van der Waals surface area contributed by atoms with E-state index in [1.807, 2.05) is 12.1 Å². The van der Waals surface area contributed by atoms with Crippen LogP contribution in [0.4, 0.5) is 0 Å². The molecular formula is C14H19ClN4O. The minimum Gasteiger partial charge on any atom is -0.339 e. The van der Waals surface area contributed by atoms with Crippen LogP contribution in [0.3, 0.4) is 0 Å². The maximum Gasteiger partial charge on any atom is 0.227 e. The zero-order valence-electron chi connectivity index (χ0n) is 11.2. The van der Waals surface area contributed by atoms with Crippen molar-refractivity contribution < 1.29 is 4.52 Å². The summed E-state index contributed by atoms with van der Waals surface area (Å²) in [7, 11) is 0. The van der Waals surface area contributed by atoms with Gasteiger partial charge in [0.2, 0.25) is 11.7 Å². The van der Waals surface area contributed by atoms with Gasteiger partial charge in [0.15, 0.2) is 0 Å². The summed E-state index contributed by atoms with van der Waals surface area (Å²) < 4.78 is 5.33. The van der Waals surface area contributed by atoms with Crippen molar-refractivity contribution in [2.24, 2.45) is 11.7 Å². The van der Waals surface area contributed by atoms with Gasteiger partial charge < -0.3 is 10.3 Å². The molecule has 2 aromatic rings. The highest BCUT2D eigenvalue weighted by Crippen LogP contribution is 2.26. The zero-order valence-corrected chi connectivity index (χ0v) is 12.1. The third-order valence-electron chi connectivity index (χ3n) is 3.79. The number of pyridine rings is 1. The molecule has 2 atom stereocenters. The lowest BCUT2D eigenvalue weighted by Gasteiger charge is -2.27. The Kier molecular flexibility index (Phi) is 5.09. The first-order valence-corrected chi connectivity index (χ1v) is 6.81. The molecule has 0 saturated heterocycles. The van der Waals surface area contributed by atoms with Gasteiger partial charge in [0.25, 0.3) is 0 Å². The van der Waals surface area contributed by atoms with Gasteiger partial charge >= 0.3 is 0 Å². The summed E-state index contributed by atoms with van der Waals surface area (Å²) in [4.78, 5) is 8.49. The molecule has 1 fully saturated rings. The number of nitrogens with zero attached hydrogens (tertiary/aromatic N) is 3. The van der Waals surface area contributed by atoms with Crippen molar-refractivity contribution in [1.82, 2.24) is 15.1 Å². The summed E-state index contributed by atoms with van der Waals surface area (Å²) in [6, 6.07) is 4.05. The fraction of sp³-hybridized carbons (Fsp3) is 0.500. The van der Waals surface area contributed by atoms with E-state index in [1.165, 1.54) is 12.8 Å². The molecule has 2 N–H and O–H groups in total. The normalized spacial score (nSPS) is 22.2. The topological polar surface area (TPSA) is 77.8 Å². The summed E-state index contributed by atoms with van der Waals surface area (Å²) in [5.41, 5.74) is 7.02. The van der Waals surface area contributed by atoms with E-state index in [9.17, 15) is 0 Å². The second-order valence-electron chi connectivity index (χ2n) is 5.17. The SMILES string of the molecule is Cl.NC1CCCCC1Cc1nc(-c2cccnc2)no1. The Morgan fingerprint density at radius 3 is 2.90 bits per heavy atom. The molecule has 2 unspecified atom stereocenters. The lowest BCUT2D eigenvalue weighted by atomic mass is 9.83. The predicted octanol–water partition coefficient (Wildman–Crippen LogP) is 2.61. The third kappa shape index (κ3) is 3.35. The number of halogens is 1. The van der Waals surface area contributed by atoms with Crippen LogP contribution < -0.4 is 5.73 Å². The summed E-state index contributed by atoms with van der Waals surface area (Å²) in [6.45, 7) is 0. The highest BCUT2D eigenvalue weighted by atomic mass is 35.5. The van der Waals surface area contributed by atoms with Gasteiger partial charge in [-0.25, -0.2) is 0 Å². The minimum atomic E-state index is 0. The lowest BCUT2D eigenvalue weighted by Crippen LogP contribution is -2.34. The van der Waals surface area contributed by atoms with Crippen molar-refractivity contribution in [2.45, 2.75) is 38.1 Å². The first kappa shape index (κ1) is 14.9. The molecule has 3 rings (SSSR count). The molecule has 1 aliphatic rings. The molecular weight excluding hydrogens is 276 g/mol. The van der Waals surface area contributed by atoms with Crippen LogP contribution in [0.5, 0.6) is 0 Å². The molecule has 0 aliphatic heterocycles. The van der Waals surface area contributed by atoms with Gasteiger partial charge in [-0.2, -0.15) is 4.98 Å². The second-order valence-corrected chi connectivity index (χ2v) is 5.17. The Morgan fingerprint density at radius 2 is 2.15 bits per heavy atom. The van der Waals surface area contributed by atoms with Crippen LogP contribution >= 0.6 is 12.4 Å². The van der Waals surface area contributed by atoms with Gasteiger partial charge in [-0.05, 0) is 30.9 Å². The minimum absolute atomic E-state index is 0. The monoisotopic (exact) mass is 294 g/mol. The molecule has 0 bridgehead atoms. The quantitative estimate of drug-likeness (QED) is 0.941. The van der Waals surface area contributed by atoms with E-state index < -0.39 is 0 Å². The smallest absolute Gasteiger partial charge is 0.227 e. The Labute approximate surface area is 124 Å². The number of nitrogens with two attached hydrogens (primary N) is 1. The Bertz CT molecular complexity index is 531. The van der Waals surface area contributed by atoms with Crippen LogP contribution in [0.15, 0.2) is 29.0 Å². The van der Waals surface area contributed by atoms with Crippen molar-refractivity contribution in [3.63, 3.8) is 0 Å². The van der Waals surface area contributed by atoms with Gasteiger partial charge in [-0.15, -0.1) is 12.4 Å². The van der Waals surface area contributed by atoms with Crippen LogP contribution in [0.25, 0.3) is 11.4 Å². The molecule has 1 saturated carbocycles. The van der Waals surface area contributed by atoms with E-state index in [0.29, 0.717) is 17.6 Å². The van der Waals surface area contributed by atoms with Gasteiger partial charge in [0, 0.05) is 30.4 Å². The first-order chi connectivity index (χ1) is 9.33. The van der Waals surface area contributed by atoms with Gasteiger partial charge in [0.1, 0.15) is 0 Å². The van der Waals surface area contributed by atoms with Crippen LogP contribution in [0.2, 0.25) is 0 Å². The number of aromatic nitrogens is 3. The van der Waals surface area contributed by atoms with Gasteiger partial charge in [-0.3, -0.25) is 4.98 Å². The third-order valence-corrected chi connectivity index (χ3v) is 3.79. The Balaban J connectivity index is 0.00000147. The van der Waals surface area contributed by atoms with Crippen molar-refractivity contribution >= 4 is 12.4 Å². The van der Waals surface area contributed by atoms with E-state index in [0.717, 1.165) is 24.8 Å². The summed E-state index contributed by atoms with van der Waals surface area (Å²) in [5, 5.41) is 4.01. The molecule has 6 heteroatoms. The second kappa shape index (κ2) is 6.81. The number of hydrogen-bond donors (Lipinski definition) is 1. The maximum atomic E-state index is 6.14. The molecule has 0 aromatic carbocycles. The van der Waals surface area contributed by atoms with E-state index in [1.54, 1.807) is 12.4 Å². The van der Waals surface area contributed by atoms with E-state index >= 15 is 0 Å². The molecule has 108 valence electrons. The van der Waals surface area contributed by atoms with E-state index in [4.69, 9.17) is 10.3 Å². The highest BCUT2D eigenvalue weighted by molar-refractivity contribution is 5.85. The molecule has 2 aromatic heterocycles. The first-order valence-electron chi connectivity index (χ1n) is 6.81. The average molecular weight is 295 g/mol. The zero-order chi connectivity index (χ0) is 13.1.